The average Bonchev–Trinajstić information content (AvgIpc) is 2.98. The Labute approximate surface area is 166 Å². The molecule has 0 amide bonds. The molecule has 10 heteroatoms. The standard InChI is InChI=1S/C16H10BrCl2FN2O4/c1-16(15(23)24-2)25-14(22-26-16)8-4-9(12(20)5-10(8)18)13-11(19)3-7(17)6-21-13/h3-6H,1-2H3. The maximum atomic E-state index is 14.4. The summed E-state index contributed by atoms with van der Waals surface area (Å²) in [6.07, 6.45) is 1.48. The van der Waals surface area contributed by atoms with Gasteiger partial charge in [0.2, 0.25) is 0 Å². The summed E-state index contributed by atoms with van der Waals surface area (Å²) in [4.78, 5) is 20.9. The van der Waals surface area contributed by atoms with Crippen LogP contribution in [-0.2, 0) is 19.1 Å². The molecule has 6 nitrogen and oxygen atoms in total. The van der Waals surface area contributed by atoms with E-state index < -0.39 is 17.6 Å². The van der Waals surface area contributed by atoms with E-state index in [0.717, 1.165) is 6.07 Å². The van der Waals surface area contributed by atoms with Crippen LogP contribution < -0.4 is 0 Å². The summed E-state index contributed by atoms with van der Waals surface area (Å²) in [5.41, 5.74) is 0.497. The van der Waals surface area contributed by atoms with Crippen LogP contribution >= 0.6 is 39.1 Å². The fourth-order valence-corrected chi connectivity index (χ4v) is 3.19. The molecule has 2 aromatic rings. The highest BCUT2D eigenvalue weighted by Gasteiger charge is 2.46. The minimum Gasteiger partial charge on any atom is -0.463 e. The van der Waals surface area contributed by atoms with Crippen molar-refractivity contribution in [2.45, 2.75) is 12.7 Å². The van der Waals surface area contributed by atoms with E-state index in [1.165, 1.54) is 26.3 Å². The van der Waals surface area contributed by atoms with Crippen LogP contribution in [0.15, 0.2) is 34.0 Å². The Morgan fingerprint density at radius 1 is 1.27 bits per heavy atom. The third-order valence-corrected chi connectivity index (χ3v) is 4.53. The number of halogens is 4. The lowest BCUT2D eigenvalue weighted by molar-refractivity contribution is -0.198. The minimum atomic E-state index is -1.75. The van der Waals surface area contributed by atoms with E-state index >= 15 is 0 Å². The van der Waals surface area contributed by atoms with Crippen LogP contribution in [0.4, 0.5) is 4.39 Å². The number of hydrogen-bond donors (Lipinski definition) is 0. The third kappa shape index (κ3) is 3.36. The van der Waals surface area contributed by atoms with Gasteiger partial charge in [0.25, 0.3) is 5.90 Å². The van der Waals surface area contributed by atoms with Gasteiger partial charge in [0.05, 0.1) is 28.4 Å². The summed E-state index contributed by atoms with van der Waals surface area (Å²) in [5.74, 6) is -3.27. The normalized spacial score (nSPS) is 18.8. The van der Waals surface area contributed by atoms with Gasteiger partial charge in [-0.3, -0.25) is 4.98 Å². The fraction of sp³-hybridized carbons (Fsp3) is 0.188. The van der Waals surface area contributed by atoms with Crippen LogP contribution in [0.5, 0.6) is 0 Å². The molecule has 1 aliphatic rings. The number of esters is 1. The molecule has 1 aliphatic heterocycles. The van der Waals surface area contributed by atoms with Crippen LogP contribution in [-0.4, -0.2) is 29.7 Å². The van der Waals surface area contributed by atoms with Crippen molar-refractivity contribution in [3.8, 4) is 11.3 Å². The zero-order valence-electron chi connectivity index (χ0n) is 13.3. The van der Waals surface area contributed by atoms with Gasteiger partial charge in [-0.2, -0.15) is 0 Å². The second kappa shape index (κ2) is 7.02. The average molecular weight is 464 g/mol. The quantitative estimate of drug-likeness (QED) is 0.624. The summed E-state index contributed by atoms with van der Waals surface area (Å²) in [7, 11) is 1.18. The van der Waals surface area contributed by atoms with Gasteiger partial charge in [0.1, 0.15) is 5.82 Å². The van der Waals surface area contributed by atoms with Gasteiger partial charge in [-0.15, -0.1) is 0 Å². The summed E-state index contributed by atoms with van der Waals surface area (Å²) < 4.78 is 25.1. The first-order valence-corrected chi connectivity index (χ1v) is 8.64. The number of hydrogen-bond acceptors (Lipinski definition) is 6. The number of pyridine rings is 1. The lowest BCUT2D eigenvalue weighted by atomic mass is 10.1. The van der Waals surface area contributed by atoms with Crippen molar-refractivity contribution in [2.24, 2.45) is 5.16 Å². The number of benzene rings is 1. The number of nitrogens with zero attached hydrogens (tertiary/aromatic N) is 2. The number of oxime groups is 1. The van der Waals surface area contributed by atoms with Crippen LogP contribution in [0.2, 0.25) is 10.0 Å². The van der Waals surface area contributed by atoms with E-state index in [-0.39, 0.29) is 32.8 Å². The molecule has 26 heavy (non-hydrogen) atoms. The number of carbonyl (C=O) groups excluding carboxylic acids is 1. The Morgan fingerprint density at radius 3 is 2.65 bits per heavy atom. The second-order valence-corrected chi connectivity index (χ2v) is 7.05. The molecule has 0 bridgehead atoms. The summed E-state index contributed by atoms with van der Waals surface area (Å²) in [5, 5.41) is 3.96. The van der Waals surface area contributed by atoms with Gasteiger partial charge >= 0.3 is 11.8 Å². The predicted octanol–water partition coefficient (Wildman–Crippen LogP) is 4.55. The van der Waals surface area contributed by atoms with E-state index in [1.54, 1.807) is 6.07 Å². The Morgan fingerprint density at radius 2 is 2.00 bits per heavy atom. The summed E-state index contributed by atoms with van der Waals surface area (Å²) >= 11 is 15.5. The molecule has 2 heterocycles. The summed E-state index contributed by atoms with van der Waals surface area (Å²) in [6, 6.07) is 4.02. The predicted molar refractivity (Wildman–Crippen MR) is 96.5 cm³/mol. The summed E-state index contributed by atoms with van der Waals surface area (Å²) in [6.45, 7) is 1.33. The van der Waals surface area contributed by atoms with Gasteiger partial charge in [-0.05, 0) is 39.3 Å². The Bertz CT molecular complexity index is 941. The van der Waals surface area contributed by atoms with Crippen LogP contribution in [0, 0.1) is 5.82 Å². The first-order valence-electron chi connectivity index (χ1n) is 7.09. The van der Waals surface area contributed by atoms with Crippen molar-refractivity contribution in [3.05, 3.63) is 50.3 Å². The van der Waals surface area contributed by atoms with Crippen molar-refractivity contribution in [1.29, 1.82) is 0 Å². The molecule has 1 unspecified atom stereocenters. The van der Waals surface area contributed by atoms with Crippen LogP contribution in [0.3, 0.4) is 0 Å². The number of rotatable bonds is 3. The lowest BCUT2D eigenvalue weighted by Crippen LogP contribution is -2.38. The zero-order valence-corrected chi connectivity index (χ0v) is 16.4. The van der Waals surface area contributed by atoms with Crippen LogP contribution in [0.25, 0.3) is 11.3 Å². The van der Waals surface area contributed by atoms with Gasteiger partial charge in [-0.1, -0.05) is 23.2 Å². The molecule has 0 N–H and O–H groups in total. The largest absolute Gasteiger partial charge is 0.463 e. The number of methoxy groups -OCH3 is 1. The maximum absolute atomic E-state index is 14.4. The molecule has 1 aromatic carbocycles. The number of aromatic nitrogens is 1. The molecule has 0 fully saturated rings. The number of ether oxygens (including phenoxy) is 2. The molecular formula is C16H10BrCl2FN2O4. The Kier molecular flexibility index (Phi) is 5.09. The van der Waals surface area contributed by atoms with Crippen molar-refractivity contribution in [3.63, 3.8) is 0 Å². The van der Waals surface area contributed by atoms with E-state index in [1.807, 2.05) is 0 Å². The van der Waals surface area contributed by atoms with Crippen molar-refractivity contribution in [2.75, 3.05) is 7.11 Å². The highest BCUT2D eigenvalue weighted by atomic mass is 79.9. The van der Waals surface area contributed by atoms with E-state index in [2.05, 4.69) is 30.8 Å². The molecular weight excluding hydrogens is 454 g/mol. The van der Waals surface area contributed by atoms with Crippen molar-refractivity contribution >= 4 is 51.0 Å². The fourth-order valence-electron chi connectivity index (χ4n) is 2.23. The SMILES string of the molecule is COC(=O)C1(C)ON=C(c2cc(-c3ncc(Br)cc3Cl)c(F)cc2Cl)O1. The third-order valence-electron chi connectivity index (χ3n) is 3.50. The van der Waals surface area contributed by atoms with Crippen LogP contribution in [0.1, 0.15) is 12.5 Å². The molecule has 0 saturated heterocycles. The van der Waals surface area contributed by atoms with E-state index in [9.17, 15) is 9.18 Å². The lowest BCUT2D eigenvalue weighted by Gasteiger charge is -2.18. The number of carbonyl (C=O) groups is 1. The molecule has 136 valence electrons. The van der Waals surface area contributed by atoms with Gasteiger partial charge < -0.3 is 14.3 Å². The molecule has 0 saturated carbocycles. The van der Waals surface area contributed by atoms with E-state index in [4.69, 9.17) is 32.8 Å². The molecule has 0 radical (unpaired) electrons. The monoisotopic (exact) mass is 462 g/mol. The highest BCUT2D eigenvalue weighted by Crippen LogP contribution is 2.35. The minimum absolute atomic E-state index is 0.0101. The van der Waals surface area contributed by atoms with Crippen molar-refractivity contribution in [1.82, 2.24) is 4.98 Å². The van der Waals surface area contributed by atoms with Gasteiger partial charge in [0, 0.05) is 23.2 Å². The maximum Gasteiger partial charge on any atom is 0.394 e. The molecule has 3 rings (SSSR count). The van der Waals surface area contributed by atoms with Gasteiger partial charge in [-0.25, -0.2) is 9.18 Å². The molecule has 0 spiro atoms. The molecule has 1 atom stereocenters. The Hall–Kier alpha value is -1.90. The second-order valence-electron chi connectivity index (χ2n) is 5.32. The van der Waals surface area contributed by atoms with Gasteiger partial charge in [0.15, 0.2) is 0 Å². The van der Waals surface area contributed by atoms with Crippen molar-refractivity contribution < 1.29 is 23.5 Å². The topological polar surface area (TPSA) is 70.0 Å². The molecule has 1 aromatic heterocycles. The smallest absolute Gasteiger partial charge is 0.394 e. The zero-order chi connectivity index (χ0) is 19.1. The molecule has 0 aliphatic carbocycles. The first-order chi connectivity index (χ1) is 12.2. The van der Waals surface area contributed by atoms with E-state index in [0.29, 0.717) is 4.47 Å². The Balaban J connectivity index is 2.04. The first kappa shape index (κ1) is 18.9. The highest BCUT2D eigenvalue weighted by molar-refractivity contribution is 9.10.